The minimum atomic E-state index is -0.634. The lowest BCUT2D eigenvalue weighted by molar-refractivity contribution is 0.124. The number of carbonyl (C=O) groups excluding carboxylic acids is 1. The molecule has 0 bridgehead atoms. The molecule has 3 aromatic rings. The Morgan fingerprint density at radius 3 is 2.47 bits per heavy atom. The van der Waals surface area contributed by atoms with E-state index in [4.69, 9.17) is 4.74 Å². The smallest absolute Gasteiger partial charge is 0.319 e. The second kappa shape index (κ2) is 9.40. The third-order valence-electron chi connectivity index (χ3n) is 6.30. The van der Waals surface area contributed by atoms with Gasteiger partial charge in [0.05, 0.1) is 13.7 Å². The molecule has 2 aromatic carbocycles. The van der Waals surface area contributed by atoms with Gasteiger partial charge in [-0.2, -0.15) is 0 Å². The van der Waals surface area contributed by atoms with Gasteiger partial charge in [-0.1, -0.05) is 30.3 Å². The Kier molecular flexibility index (Phi) is 6.42. The molecule has 32 heavy (non-hydrogen) atoms. The summed E-state index contributed by atoms with van der Waals surface area (Å²) in [6.07, 6.45) is 4.33. The number of carbonyl (C=O) groups is 1. The molecular weight excluding hydrogens is 400 g/mol. The number of aryl methyl sites for hydroxylation is 2. The normalized spacial score (nSPS) is 18.0. The Labute approximate surface area is 189 Å². The largest absolute Gasteiger partial charge is 0.497 e. The predicted molar refractivity (Wildman–Crippen MR) is 125 cm³/mol. The minimum absolute atomic E-state index is 0.0565. The number of nitrogens with one attached hydrogen (secondary N) is 2. The number of urea groups is 1. The molecule has 6 heteroatoms. The van der Waals surface area contributed by atoms with Crippen molar-refractivity contribution in [2.45, 2.75) is 32.5 Å². The first-order valence-electron chi connectivity index (χ1n) is 10.9. The molecule has 4 rings (SSSR count). The summed E-state index contributed by atoms with van der Waals surface area (Å²) in [6, 6.07) is 18.4. The number of hydrogen-bond donors (Lipinski definition) is 2. The lowest BCUT2D eigenvalue weighted by Crippen LogP contribution is -2.55. The van der Waals surface area contributed by atoms with Crippen LogP contribution in [-0.4, -0.2) is 36.1 Å². The van der Waals surface area contributed by atoms with E-state index in [0.29, 0.717) is 19.6 Å². The third-order valence-corrected chi connectivity index (χ3v) is 6.30. The highest BCUT2D eigenvalue weighted by Gasteiger charge is 2.46. The van der Waals surface area contributed by atoms with Gasteiger partial charge in [-0.25, -0.2) is 4.79 Å². The lowest BCUT2D eigenvalue weighted by atomic mass is 9.94. The van der Waals surface area contributed by atoms with Crippen molar-refractivity contribution in [1.29, 1.82) is 0 Å². The maximum atomic E-state index is 13.0. The van der Waals surface area contributed by atoms with Crippen LogP contribution in [0.25, 0.3) is 0 Å². The van der Waals surface area contributed by atoms with Crippen molar-refractivity contribution in [2.24, 2.45) is 0 Å². The predicted octanol–water partition coefficient (Wildman–Crippen LogP) is 3.92. The van der Waals surface area contributed by atoms with Crippen LogP contribution in [0.1, 0.15) is 27.8 Å². The van der Waals surface area contributed by atoms with Crippen molar-refractivity contribution in [3.8, 4) is 5.75 Å². The standard InChI is InChI=1S/C26H30N4O2/c1-19-4-7-23(16-20(19)2)26(29-17-22-10-13-27-14-11-22)18-28-25(31)30(26)15-12-21-5-8-24(32-3)9-6-21/h4-11,13-14,16,29H,12,15,17-18H2,1-3H3,(H,28,31). The van der Waals surface area contributed by atoms with Crippen molar-refractivity contribution >= 4 is 6.03 Å². The molecule has 1 saturated heterocycles. The number of rotatable bonds is 8. The van der Waals surface area contributed by atoms with E-state index < -0.39 is 5.66 Å². The maximum absolute atomic E-state index is 13.0. The Balaban J connectivity index is 1.63. The van der Waals surface area contributed by atoms with Crippen molar-refractivity contribution in [1.82, 2.24) is 20.5 Å². The molecule has 1 atom stereocenters. The van der Waals surface area contributed by atoms with Gasteiger partial charge in [0.1, 0.15) is 11.4 Å². The zero-order valence-electron chi connectivity index (χ0n) is 18.9. The van der Waals surface area contributed by atoms with Crippen molar-refractivity contribution in [3.05, 3.63) is 94.8 Å². The Bertz CT molecular complexity index is 1070. The van der Waals surface area contributed by atoms with Crippen LogP contribution in [-0.2, 0) is 18.6 Å². The van der Waals surface area contributed by atoms with Crippen molar-refractivity contribution in [3.63, 3.8) is 0 Å². The van der Waals surface area contributed by atoms with Crippen LogP contribution in [0, 0.1) is 13.8 Å². The average molecular weight is 431 g/mol. The highest BCUT2D eigenvalue weighted by molar-refractivity contribution is 5.78. The number of hydrogen-bond acceptors (Lipinski definition) is 4. The van der Waals surface area contributed by atoms with E-state index in [1.165, 1.54) is 11.1 Å². The first-order chi connectivity index (χ1) is 15.5. The van der Waals surface area contributed by atoms with E-state index in [0.717, 1.165) is 28.9 Å². The molecule has 1 aliphatic heterocycles. The first kappa shape index (κ1) is 21.8. The van der Waals surface area contributed by atoms with Crippen LogP contribution in [0.2, 0.25) is 0 Å². The fraction of sp³-hybridized carbons (Fsp3) is 0.308. The van der Waals surface area contributed by atoms with Gasteiger partial charge < -0.3 is 15.0 Å². The molecule has 2 N–H and O–H groups in total. The number of nitrogens with zero attached hydrogens (tertiary/aromatic N) is 2. The quantitative estimate of drug-likeness (QED) is 0.569. The van der Waals surface area contributed by atoms with Crippen LogP contribution in [0.5, 0.6) is 5.75 Å². The highest BCUT2D eigenvalue weighted by Crippen LogP contribution is 2.32. The molecule has 0 aliphatic carbocycles. The number of methoxy groups -OCH3 is 1. The van der Waals surface area contributed by atoms with E-state index in [2.05, 4.69) is 59.8 Å². The Morgan fingerprint density at radius 1 is 1.03 bits per heavy atom. The molecule has 0 radical (unpaired) electrons. The summed E-state index contributed by atoms with van der Waals surface area (Å²) in [5.74, 6) is 0.830. The lowest BCUT2D eigenvalue weighted by Gasteiger charge is -2.39. The number of ether oxygens (including phenoxy) is 1. The van der Waals surface area contributed by atoms with Gasteiger partial charge in [-0.05, 0) is 72.4 Å². The Hall–Kier alpha value is -3.38. The molecule has 0 spiro atoms. The van der Waals surface area contributed by atoms with E-state index in [1.807, 2.05) is 29.2 Å². The molecule has 6 nitrogen and oxygen atoms in total. The van der Waals surface area contributed by atoms with Gasteiger partial charge in [0.2, 0.25) is 0 Å². The van der Waals surface area contributed by atoms with E-state index in [1.54, 1.807) is 19.5 Å². The second-order valence-electron chi connectivity index (χ2n) is 8.28. The average Bonchev–Trinajstić information content (AvgIpc) is 3.15. The van der Waals surface area contributed by atoms with E-state index in [9.17, 15) is 4.79 Å². The topological polar surface area (TPSA) is 66.5 Å². The van der Waals surface area contributed by atoms with E-state index in [-0.39, 0.29) is 6.03 Å². The van der Waals surface area contributed by atoms with Gasteiger partial charge in [0.15, 0.2) is 0 Å². The minimum Gasteiger partial charge on any atom is -0.497 e. The summed E-state index contributed by atoms with van der Waals surface area (Å²) in [6.45, 7) is 5.94. The number of aromatic nitrogens is 1. The van der Waals surface area contributed by atoms with Crippen LogP contribution < -0.4 is 15.4 Å². The number of amides is 2. The van der Waals surface area contributed by atoms with E-state index >= 15 is 0 Å². The monoisotopic (exact) mass is 430 g/mol. The summed E-state index contributed by atoms with van der Waals surface area (Å²) in [5.41, 5.74) is 5.18. The van der Waals surface area contributed by atoms with Crippen molar-refractivity contribution < 1.29 is 9.53 Å². The molecule has 2 heterocycles. The molecule has 2 amide bonds. The molecule has 1 fully saturated rings. The van der Waals surface area contributed by atoms with Crippen LogP contribution in [0.15, 0.2) is 67.0 Å². The Morgan fingerprint density at radius 2 is 1.78 bits per heavy atom. The fourth-order valence-electron chi connectivity index (χ4n) is 4.16. The van der Waals surface area contributed by atoms with Crippen LogP contribution in [0.3, 0.4) is 0 Å². The molecule has 1 aromatic heterocycles. The molecular formula is C26H30N4O2. The third kappa shape index (κ3) is 4.46. The zero-order valence-corrected chi connectivity index (χ0v) is 18.9. The molecule has 0 saturated carbocycles. The summed E-state index contributed by atoms with van der Waals surface area (Å²) in [5, 5.41) is 6.78. The second-order valence-corrected chi connectivity index (χ2v) is 8.28. The van der Waals surface area contributed by atoms with Crippen molar-refractivity contribution in [2.75, 3.05) is 20.2 Å². The van der Waals surface area contributed by atoms with Gasteiger partial charge in [0.25, 0.3) is 0 Å². The SMILES string of the molecule is COc1ccc(CCN2C(=O)NCC2(NCc2ccncc2)c2ccc(C)c(C)c2)cc1. The van der Waals surface area contributed by atoms with Gasteiger partial charge in [-0.15, -0.1) is 0 Å². The van der Waals surface area contributed by atoms with Gasteiger partial charge >= 0.3 is 6.03 Å². The summed E-state index contributed by atoms with van der Waals surface area (Å²) in [4.78, 5) is 19.0. The van der Waals surface area contributed by atoms with Crippen LogP contribution >= 0.6 is 0 Å². The number of benzene rings is 2. The van der Waals surface area contributed by atoms with Gasteiger partial charge in [-0.3, -0.25) is 10.3 Å². The zero-order chi connectivity index (χ0) is 22.6. The summed E-state index contributed by atoms with van der Waals surface area (Å²) in [7, 11) is 1.66. The van der Waals surface area contributed by atoms with Crippen LogP contribution in [0.4, 0.5) is 4.79 Å². The summed E-state index contributed by atoms with van der Waals surface area (Å²) < 4.78 is 5.26. The van der Waals surface area contributed by atoms with Gasteiger partial charge in [0, 0.05) is 25.5 Å². The number of pyridine rings is 1. The molecule has 1 unspecified atom stereocenters. The first-order valence-corrected chi connectivity index (χ1v) is 10.9. The summed E-state index contributed by atoms with van der Waals surface area (Å²) >= 11 is 0. The molecule has 166 valence electrons. The fourth-order valence-corrected chi connectivity index (χ4v) is 4.16. The maximum Gasteiger partial charge on any atom is 0.319 e. The highest BCUT2D eigenvalue weighted by atomic mass is 16.5. The molecule has 1 aliphatic rings.